The summed E-state index contributed by atoms with van der Waals surface area (Å²) in [5.74, 6) is 2.69. The van der Waals surface area contributed by atoms with Gasteiger partial charge in [0.25, 0.3) is 0 Å². The molecule has 3 rings (SSSR count). The Hall–Kier alpha value is -1.44. The van der Waals surface area contributed by atoms with Crippen LogP contribution in [-0.4, -0.2) is 42.3 Å². The van der Waals surface area contributed by atoms with E-state index in [9.17, 15) is 9.59 Å². The lowest BCUT2D eigenvalue weighted by Gasteiger charge is -2.23. The number of imide groups is 1. The number of unbranched alkanes of at least 4 members (excludes halogenated alkanes) is 2. The van der Waals surface area contributed by atoms with Crippen LogP contribution in [0.2, 0.25) is 5.02 Å². The standard InChI is InChI=1S/C22H32ClN3O3S/c1-15(2)21(17-8-9-18(23)19(12-17)29-14-16-6-7-16)25-30-11-5-3-4-10-26-13-20(27)24-22(26)28/h8-9,12,15-16,21,25H,3-7,10-11,13-14H2,1-2H3,(H,24,27,28). The zero-order valence-corrected chi connectivity index (χ0v) is 19.4. The number of halogens is 1. The van der Waals surface area contributed by atoms with E-state index in [0.29, 0.717) is 23.4 Å². The summed E-state index contributed by atoms with van der Waals surface area (Å²) in [6.45, 7) is 6.00. The molecule has 1 unspecified atom stereocenters. The number of nitrogens with zero attached hydrogens (tertiary/aromatic N) is 1. The quantitative estimate of drug-likeness (QED) is 0.255. The van der Waals surface area contributed by atoms with Crippen molar-refractivity contribution in [2.45, 2.75) is 52.0 Å². The summed E-state index contributed by atoms with van der Waals surface area (Å²) < 4.78 is 9.54. The van der Waals surface area contributed by atoms with Crippen LogP contribution in [-0.2, 0) is 4.79 Å². The van der Waals surface area contributed by atoms with Gasteiger partial charge in [0.2, 0.25) is 5.91 Å². The largest absolute Gasteiger partial charge is 0.492 e. The predicted octanol–water partition coefficient (Wildman–Crippen LogP) is 4.79. The number of amides is 3. The van der Waals surface area contributed by atoms with Gasteiger partial charge in [0, 0.05) is 18.3 Å². The maximum atomic E-state index is 11.5. The van der Waals surface area contributed by atoms with Crippen LogP contribution in [0.25, 0.3) is 0 Å². The lowest BCUT2D eigenvalue weighted by atomic mass is 9.97. The number of carbonyl (C=O) groups excluding carboxylic acids is 2. The number of carbonyl (C=O) groups is 2. The van der Waals surface area contributed by atoms with Crippen molar-refractivity contribution in [3.05, 3.63) is 28.8 Å². The summed E-state index contributed by atoms with van der Waals surface area (Å²) in [4.78, 5) is 24.3. The first-order valence-electron chi connectivity index (χ1n) is 10.8. The first-order valence-corrected chi connectivity index (χ1v) is 12.2. The molecule has 1 aromatic rings. The van der Waals surface area contributed by atoms with Crippen LogP contribution < -0.4 is 14.8 Å². The van der Waals surface area contributed by atoms with Gasteiger partial charge in [-0.15, -0.1) is 0 Å². The summed E-state index contributed by atoms with van der Waals surface area (Å²) in [5.41, 5.74) is 1.19. The minimum atomic E-state index is -0.265. The van der Waals surface area contributed by atoms with E-state index in [-0.39, 0.29) is 24.5 Å². The molecule has 2 N–H and O–H groups in total. The predicted molar refractivity (Wildman–Crippen MR) is 122 cm³/mol. The summed E-state index contributed by atoms with van der Waals surface area (Å²) in [7, 11) is 0. The molecule has 1 aliphatic carbocycles. The van der Waals surface area contributed by atoms with Gasteiger partial charge in [0.15, 0.2) is 0 Å². The number of urea groups is 1. The van der Waals surface area contributed by atoms with Crippen molar-refractivity contribution in [3.8, 4) is 5.75 Å². The van der Waals surface area contributed by atoms with Crippen molar-refractivity contribution in [1.82, 2.24) is 14.9 Å². The number of hydrogen-bond donors (Lipinski definition) is 2. The molecule has 0 bridgehead atoms. The van der Waals surface area contributed by atoms with Crippen LogP contribution >= 0.6 is 23.5 Å². The van der Waals surface area contributed by atoms with Gasteiger partial charge in [-0.3, -0.25) is 14.8 Å². The molecule has 1 saturated heterocycles. The molecule has 1 heterocycles. The van der Waals surface area contributed by atoms with Crippen LogP contribution in [0.3, 0.4) is 0 Å². The van der Waals surface area contributed by atoms with E-state index in [2.05, 4.69) is 36.0 Å². The molecule has 166 valence electrons. The van der Waals surface area contributed by atoms with E-state index < -0.39 is 0 Å². The Kier molecular flexibility index (Phi) is 8.72. The first kappa shape index (κ1) is 23.2. The molecule has 6 nitrogen and oxygen atoms in total. The minimum Gasteiger partial charge on any atom is -0.492 e. The third-order valence-electron chi connectivity index (χ3n) is 5.41. The highest BCUT2D eigenvalue weighted by atomic mass is 35.5. The summed E-state index contributed by atoms with van der Waals surface area (Å²) >= 11 is 8.06. The fourth-order valence-corrected chi connectivity index (χ4v) is 4.60. The Morgan fingerprint density at radius 2 is 2.07 bits per heavy atom. The maximum Gasteiger partial charge on any atom is 0.324 e. The Bertz CT molecular complexity index is 742. The number of rotatable bonds is 13. The van der Waals surface area contributed by atoms with Gasteiger partial charge >= 0.3 is 6.03 Å². The molecule has 1 atom stereocenters. The van der Waals surface area contributed by atoms with Crippen molar-refractivity contribution in [2.24, 2.45) is 11.8 Å². The molecule has 30 heavy (non-hydrogen) atoms. The average molecular weight is 454 g/mol. The zero-order chi connectivity index (χ0) is 21.5. The Morgan fingerprint density at radius 3 is 2.73 bits per heavy atom. The highest BCUT2D eigenvalue weighted by molar-refractivity contribution is 7.97. The van der Waals surface area contributed by atoms with Gasteiger partial charge in [-0.25, -0.2) is 4.79 Å². The SMILES string of the molecule is CC(C)C(NSCCCCCN1CC(=O)NC1=O)c1ccc(Cl)c(OCC2CC2)c1. The molecular weight excluding hydrogens is 422 g/mol. The van der Waals surface area contributed by atoms with Crippen LogP contribution in [0.1, 0.15) is 57.6 Å². The Morgan fingerprint density at radius 1 is 1.27 bits per heavy atom. The molecule has 1 saturated carbocycles. The highest BCUT2D eigenvalue weighted by Crippen LogP contribution is 2.34. The van der Waals surface area contributed by atoms with E-state index in [1.807, 2.05) is 6.07 Å². The normalized spacial score (nSPS) is 17.5. The smallest absolute Gasteiger partial charge is 0.324 e. The maximum absolute atomic E-state index is 11.5. The van der Waals surface area contributed by atoms with E-state index in [1.165, 1.54) is 18.4 Å². The first-order chi connectivity index (χ1) is 14.4. The third-order valence-corrected chi connectivity index (χ3v) is 6.63. The van der Waals surface area contributed by atoms with Gasteiger partial charge < -0.3 is 9.64 Å². The van der Waals surface area contributed by atoms with E-state index >= 15 is 0 Å². The zero-order valence-electron chi connectivity index (χ0n) is 17.8. The number of benzene rings is 1. The van der Waals surface area contributed by atoms with Gasteiger partial charge in [-0.2, -0.15) is 0 Å². The van der Waals surface area contributed by atoms with Crippen LogP contribution in [0, 0.1) is 11.8 Å². The lowest BCUT2D eigenvalue weighted by molar-refractivity contribution is -0.118. The van der Waals surface area contributed by atoms with Crippen LogP contribution in [0.4, 0.5) is 4.79 Å². The van der Waals surface area contributed by atoms with Gasteiger partial charge in [0.05, 0.1) is 11.6 Å². The second-order valence-electron chi connectivity index (χ2n) is 8.47. The summed E-state index contributed by atoms with van der Waals surface area (Å²) in [6, 6.07) is 6.03. The van der Waals surface area contributed by atoms with Crippen molar-refractivity contribution < 1.29 is 14.3 Å². The number of ether oxygens (including phenoxy) is 1. The molecule has 8 heteroatoms. The molecule has 0 spiro atoms. The molecule has 1 aliphatic heterocycles. The molecule has 3 amide bonds. The van der Waals surface area contributed by atoms with Crippen molar-refractivity contribution in [3.63, 3.8) is 0 Å². The minimum absolute atomic E-state index is 0.193. The van der Waals surface area contributed by atoms with E-state index in [4.69, 9.17) is 16.3 Å². The second kappa shape index (κ2) is 11.3. The van der Waals surface area contributed by atoms with Crippen LogP contribution in [0.5, 0.6) is 5.75 Å². The summed E-state index contributed by atoms with van der Waals surface area (Å²) in [6.07, 6.45) is 5.51. The topological polar surface area (TPSA) is 70.7 Å². The lowest BCUT2D eigenvalue weighted by Crippen LogP contribution is -2.29. The van der Waals surface area contributed by atoms with Crippen LogP contribution in [0.15, 0.2) is 18.2 Å². The Labute approximate surface area is 188 Å². The van der Waals surface area contributed by atoms with Gasteiger partial charge in [-0.1, -0.05) is 49.9 Å². The molecule has 2 fully saturated rings. The van der Waals surface area contributed by atoms with Crippen molar-refractivity contribution in [1.29, 1.82) is 0 Å². The van der Waals surface area contributed by atoms with E-state index in [1.54, 1.807) is 16.8 Å². The Balaban J connectivity index is 1.38. The molecule has 0 radical (unpaired) electrons. The molecule has 0 aromatic heterocycles. The molecule has 1 aromatic carbocycles. The fraction of sp³-hybridized carbons (Fsp3) is 0.636. The highest BCUT2D eigenvalue weighted by Gasteiger charge is 2.25. The third kappa shape index (κ3) is 7.06. The van der Waals surface area contributed by atoms with Gasteiger partial charge in [0.1, 0.15) is 12.3 Å². The molecule has 2 aliphatic rings. The summed E-state index contributed by atoms with van der Waals surface area (Å²) in [5, 5.41) is 2.98. The molecular formula is C22H32ClN3O3S. The number of hydrogen-bond acceptors (Lipinski definition) is 5. The van der Waals surface area contributed by atoms with Gasteiger partial charge in [-0.05, 0) is 55.2 Å². The fourth-order valence-electron chi connectivity index (χ4n) is 3.37. The second-order valence-corrected chi connectivity index (χ2v) is 9.81. The van der Waals surface area contributed by atoms with Crippen molar-refractivity contribution in [2.75, 3.05) is 25.4 Å². The monoisotopic (exact) mass is 453 g/mol. The number of nitrogens with one attached hydrogen (secondary N) is 2. The van der Waals surface area contributed by atoms with E-state index in [0.717, 1.165) is 37.4 Å². The average Bonchev–Trinajstić information content (AvgIpc) is 3.47. The van der Waals surface area contributed by atoms with Crippen molar-refractivity contribution >= 4 is 35.5 Å².